The van der Waals surface area contributed by atoms with Crippen LogP contribution in [-0.2, 0) is 4.74 Å². The maximum absolute atomic E-state index is 10.9. The number of ether oxygens (including phenoxy) is 2. The van der Waals surface area contributed by atoms with Crippen molar-refractivity contribution in [2.45, 2.75) is 0 Å². The second-order valence-electron chi connectivity index (χ2n) is 3.35. The third kappa shape index (κ3) is 2.54. The zero-order valence-corrected chi connectivity index (χ0v) is 9.30. The number of amides is 1. The van der Waals surface area contributed by atoms with Crippen LogP contribution in [0.2, 0.25) is 0 Å². The molecule has 0 radical (unpaired) electrons. The molecule has 1 amide bonds. The van der Waals surface area contributed by atoms with E-state index in [0.717, 1.165) is 0 Å². The first-order valence-electron chi connectivity index (χ1n) is 5.03. The lowest BCUT2D eigenvalue weighted by Crippen LogP contribution is -2.09. The van der Waals surface area contributed by atoms with Gasteiger partial charge in [0.1, 0.15) is 12.1 Å². The Kier molecular flexibility index (Phi) is 3.24. The summed E-state index contributed by atoms with van der Waals surface area (Å²) >= 11 is 0. The molecule has 0 spiro atoms. The minimum atomic E-state index is -0.621. The van der Waals surface area contributed by atoms with E-state index in [-0.39, 0.29) is 5.76 Å². The molecule has 0 aromatic carbocycles. The molecule has 2 aromatic heterocycles. The fraction of sp³-hybridized carbons (Fsp3) is 0.273. The first-order valence-corrected chi connectivity index (χ1v) is 5.03. The Morgan fingerprint density at radius 1 is 1.47 bits per heavy atom. The van der Waals surface area contributed by atoms with Crippen molar-refractivity contribution in [2.75, 3.05) is 20.3 Å². The summed E-state index contributed by atoms with van der Waals surface area (Å²) in [6.07, 6.45) is 0. The van der Waals surface area contributed by atoms with Crippen LogP contribution in [0, 0.1) is 0 Å². The number of fused-ring (bicyclic) bond motifs is 1. The normalized spacial score (nSPS) is 10.6. The number of rotatable bonds is 5. The lowest BCUT2D eigenvalue weighted by molar-refractivity contribution is 0.0976. The number of primary amides is 1. The Labute approximate surface area is 97.3 Å². The Hall–Kier alpha value is -2.08. The van der Waals surface area contributed by atoms with E-state index in [1.54, 1.807) is 19.2 Å². The topological polar surface area (TPSA) is 87.6 Å². The number of aromatic nitrogens is 1. The summed E-state index contributed by atoms with van der Waals surface area (Å²) in [6, 6.07) is 4.82. The second kappa shape index (κ2) is 4.84. The van der Waals surface area contributed by atoms with E-state index in [1.165, 1.54) is 6.07 Å². The molecule has 0 saturated heterocycles. The van der Waals surface area contributed by atoms with Gasteiger partial charge in [-0.15, -0.1) is 0 Å². The first-order chi connectivity index (χ1) is 8.20. The summed E-state index contributed by atoms with van der Waals surface area (Å²) in [5.41, 5.74) is 6.14. The van der Waals surface area contributed by atoms with Crippen LogP contribution in [0.25, 0.3) is 11.1 Å². The number of nitrogens with zero attached hydrogens (tertiary/aromatic N) is 1. The van der Waals surface area contributed by atoms with Gasteiger partial charge in [0.25, 0.3) is 5.91 Å². The molecule has 0 saturated carbocycles. The summed E-state index contributed by atoms with van der Waals surface area (Å²) in [6.45, 7) is 0.896. The average molecular weight is 236 g/mol. The number of carbonyl (C=O) groups is 1. The summed E-state index contributed by atoms with van der Waals surface area (Å²) in [5.74, 6) is -0.0854. The minimum Gasteiger partial charge on any atom is -0.475 e. The lowest BCUT2D eigenvalue weighted by Gasteiger charge is -2.03. The fourth-order valence-corrected chi connectivity index (χ4v) is 1.34. The standard InChI is InChI=1S/C11H12N2O4/c1-15-4-5-16-10-3-2-8-7(13-10)6-9(17-8)11(12)14/h2-3,6H,4-5H2,1H3,(H2,12,14). The number of pyridine rings is 1. The van der Waals surface area contributed by atoms with E-state index >= 15 is 0 Å². The van der Waals surface area contributed by atoms with Crippen molar-refractivity contribution >= 4 is 17.0 Å². The molecule has 0 aliphatic rings. The third-order valence-electron chi connectivity index (χ3n) is 2.13. The zero-order chi connectivity index (χ0) is 12.3. The molecule has 90 valence electrons. The number of furan rings is 1. The molecule has 6 nitrogen and oxygen atoms in total. The molecule has 0 unspecified atom stereocenters. The molecule has 0 aliphatic heterocycles. The van der Waals surface area contributed by atoms with Crippen LogP contribution in [0.4, 0.5) is 0 Å². The third-order valence-corrected chi connectivity index (χ3v) is 2.13. The summed E-state index contributed by atoms with van der Waals surface area (Å²) < 4.78 is 15.4. The molecule has 2 rings (SSSR count). The van der Waals surface area contributed by atoms with E-state index in [1.807, 2.05) is 0 Å². The van der Waals surface area contributed by atoms with E-state index < -0.39 is 5.91 Å². The monoisotopic (exact) mass is 236 g/mol. The fourth-order valence-electron chi connectivity index (χ4n) is 1.34. The molecule has 2 aromatic rings. The van der Waals surface area contributed by atoms with Crippen molar-refractivity contribution in [1.29, 1.82) is 0 Å². The van der Waals surface area contributed by atoms with Gasteiger partial charge in [0.15, 0.2) is 11.3 Å². The molecule has 2 heterocycles. The molecular weight excluding hydrogens is 224 g/mol. The summed E-state index contributed by atoms with van der Waals surface area (Å²) in [4.78, 5) is 15.1. The van der Waals surface area contributed by atoms with Crippen molar-refractivity contribution < 1.29 is 18.7 Å². The van der Waals surface area contributed by atoms with Gasteiger partial charge >= 0.3 is 0 Å². The summed E-state index contributed by atoms with van der Waals surface area (Å²) in [7, 11) is 1.59. The van der Waals surface area contributed by atoms with Crippen LogP contribution >= 0.6 is 0 Å². The van der Waals surface area contributed by atoms with E-state index in [4.69, 9.17) is 19.6 Å². The maximum atomic E-state index is 10.9. The number of nitrogens with two attached hydrogens (primary N) is 1. The van der Waals surface area contributed by atoms with Crippen LogP contribution < -0.4 is 10.5 Å². The van der Waals surface area contributed by atoms with Crippen LogP contribution in [0.5, 0.6) is 5.88 Å². The van der Waals surface area contributed by atoms with Crippen LogP contribution in [0.15, 0.2) is 22.6 Å². The summed E-state index contributed by atoms with van der Waals surface area (Å²) in [5, 5.41) is 0. The highest BCUT2D eigenvalue weighted by Gasteiger charge is 2.10. The van der Waals surface area contributed by atoms with Crippen molar-refractivity contribution in [3.05, 3.63) is 24.0 Å². The van der Waals surface area contributed by atoms with Gasteiger partial charge < -0.3 is 19.6 Å². The van der Waals surface area contributed by atoms with Gasteiger partial charge in [-0.1, -0.05) is 0 Å². The van der Waals surface area contributed by atoms with E-state index in [0.29, 0.717) is 30.2 Å². The molecule has 17 heavy (non-hydrogen) atoms. The van der Waals surface area contributed by atoms with Crippen LogP contribution in [0.1, 0.15) is 10.6 Å². The minimum absolute atomic E-state index is 0.0848. The number of hydrogen-bond donors (Lipinski definition) is 1. The number of hydrogen-bond acceptors (Lipinski definition) is 5. The highest BCUT2D eigenvalue weighted by molar-refractivity contribution is 5.94. The smallest absolute Gasteiger partial charge is 0.284 e. The average Bonchev–Trinajstić information content (AvgIpc) is 2.72. The Morgan fingerprint density at radius 2 is 2.29 bits per heavy atom. The zero-order valence-electron chi connectivity index (χ0n) is 9.30. The van der Waals surface area contributed by atoms with Gasteiger partial charge in [-0.2, -0.15) is 0 Å². The van der Waals surface area contributed by atoms with Gasteiger partial charge in [-0.3, -0.25) is 4.79 Å². The van der Waals surface area contributed by atoms with E-state index in [9.17, 15) is 4.79 Å². The quantitative estimate of drug-likeness (QED) is 0.781. The van der Waals surface area contributed by atoms with Gasteiger partial charge in [-0.05, 0) is 6.07 Å². The van der Waals surface area contributed by atoms with Gasteiger partial charge in [0.05, 0.1) is 6.61 Å². The van der Waals surface area contributed by atoms with Crippen LogP contribution in [-0.4, -0.2) is 31.2 Å². The largest absolute Gasteiger partial charge is 0.475 e. The molecule has 0 bridgehead atoms. The SMILES string of the molecule is COCCOc1ccc2oc(C(N)=O)cc2n1. The molecule has 6 heteroatoms. The van der Waals surface area contributed by atoms with E-state index in [2.05, 4.69) is 4.98 Å². The molecule has 0 aliphatic carbocycles. The number of carbonyl (C=O) groups excluding carboxylic acids is 1. The van der Waals surface area contributed by atoms with Crippen molar-refractivity contribution in [3.8, 4) is 5.88 Å². The number of methoxy groups -OCH3 is 1. The van der Waals surface area contributed by atoms with Gasteiger partial charge in [-0.25, -0.2) is 4.98 Å². The first kappa shape index (κ1) is 11.4. The Balaban J connectivity index is 2.21. The van der Waals surface area contributed by atoms with Gasteiger partial charge in [0.2, 0.25) is 5.88 Å². The van der Waals surface area contributed by atoms with Crippen molar-refractivity contribution in [3.63, 3.8) is 0 Å². The highest BCUT2D eigenvalue weighted by atomic mass is 16.5. The molecule has 2 N–H and O–H groups in total. The maximum Gasteiger partial charge on any atom is 0.284 e. The van der Waals surface area contributed by atoms with Gasteiger partial charge in [0, 0.05) is 19.2 Å². The Morgan fingerprint density at radius 3 is 3.00 bits per heavy atom. The lowest BCUT2D eigenvalue weighted by atomic mass is 10.3. The Bertz CT molecular complexity index is 535. The predicted molar refractivity (Wildman–Crippen MR) is 59.9 cm³/mol. The van der Waals surface area contributed by atoms with Crippen LogP contribution in [0.3, 0.4) is 0 Å². The second-order valence-corrected chi connectivity index (χ2v) is 3.35. The molecule has 0 atom stereocenters. The van der Waals surface area contributed by atoms with Crippen molar-refractivity contribution in [2.24, 2.45) is 5.73 Å². The van der Waals surface area contributed by atoms with Crippen molar-refractivity contribution in [1.82, 2.24) is 4.98 Å². The molecular formula is C11H12N2O4. The highest BCUT2D eigenvalue weighted by Crippen LogP contribution is 2.20. The molecule has 0 fully saturated rings. The predicted octanol–water partition coefficient (Wildman–Crippen LogP) is 0.952.